The summed E-state index contributed by atoms with van der Waals surface area (Å²) in [5.41, 5.74) is 0.967. The van der Waals surface area contributed by atoms with Crippen LogP contribution in [0, 0.1) is 5.82 Å². The molecule has 0 aliphatic heterocycles. The average Bonchev–Trinajstić information content (AvgIpc) is 2.38. The standard InChI is InChI=1S/C15H12Br2FNO/c1-9(10-4-2-5-11(16)8-10)19-15(20)14-12(17)6-3-7-13(14)18/h2-9H,1H3,(H,19,20). The van der Waals surface area contributed by atoms with Crippen LogP contribution in [0.5, 0.6) is 0 Å². The van der Waals surface area contributed by atoms with E-state index in [0.717, 1.165) is 10.0 Å². The van der Waals surface area contributed by atoms with E-state index in [1.54, 1.807) is 12.1 Å². The van der Waals surface area contributed by atoms with E-state index in [9.17, 15) is 9.18 Å². The summed E-state index contributed by atoms with van der Waals surface area (Å²) in [7, 11) is 0. The lowest BCUT2D eigenvalue weighted by atomic mass is 10.1. The number of halogens is 3. The molecule has 0 saturated heterocycles. The number of carbonyl (C=O) groups excluding carboxylic acids is 1. The molecule has 2 rings (SSSR count). The summed E-state index contributed by atoms with van der Waals surface area (Å²) in [6, 6.07) is 11.9. The van der Waals surface area contributed by atoms with E-state index >= 15 is 0 Å². The van der Waals surface area contributed by atoms with E-state index in [1.165, 1.54) is 6.07 Å². The minimum atomic E-state index is -0.543. The Hall–Kier alpha value is -1.20. The molecule has 0 aliphatic rings. The molecule has 2 nitrogen and oxygen atoms in total. The highest BCUT2D eigenvalue weighted by Gasteiger charge is 2.17. The number of benzene rings is 2. The maximum absolute atomic E-state index is 13.7. The van der Waals surface area contributed by atoms with Gasteiger partial charge in [-0.15, -0.1) is 0 Å². The monoisotopic (exact) mass is 399 g/mol. The van der Waals surface area contributed by atoms with Gasteiger partial charge in [0.1, 0.15) is 5.82 Å². The largest absolute Gasteiger partial charge is 0.345 e. The maximum atomic E-state index is 13.7. The lowest BCUT2D eigenvalue weighted by Crippen LogP contribution is -2.27. The Morgan fingerprint density at radius 1 is 1.20 bits per heavy atom. The van der Waals surface area contributed by atoms with Gasteiger partial charge in [-0.2, -0.15) is 0 Å². The second-order valence-corrected chi connectivity index (χ2v) is 6.12. The number of carbonyl (C=O) groups is 1. The van der Waals surface area contributed by atoms with Gasteiger partial charge in [-0.1, -0.05) is 34.1 Å². The zero-order chi connectivity index (χ0) is 14.7. The molecule has 5 heteroatoms. The van der Waals surface area contributed by atoms with Crippen LogP contribution < -0.4 is 5.32 Å². The quantitative estimate of drug-likeness (QED) is 0.784. The fourth-order valence-corrected chi connectivity index (χ4v) is 2.78. The van der Waals surface area contributed by atoms with Gasteiger partial charge < -0.3 is 5.32 Å². The van der Waals surface area contributed by atoms with Crippen molar-refractivity contribution in [2.45, 2.75) is 13.0 Å². The third kappa shape index (κ3) is 3.46. The van der Waals surface area contributed by atoms with Gasteiger partial charge in [0.2, 0.25) is 0 Å². The van der Waals surface area contributed by atoms with Crippen molar-refractivity contribution in [2.75, 3.05) is 0 Å². The summed E-state index contributed by atoms with van der Waals surface area (Å²) in [5, 5.41) is 2.79. The molecule has 20 heavy (non-hydrogen) atoms. The smallest absolute Gasteiger partial charge is 0.255 e. The van der Waals surface area contributed by atoms with Crippen LogP contribution in [0.3, 0.4) is 0 Å². The van der Waals surface area contributed by atoms with Crippen LogP contribution in [0.25, 0.3) is 0 Å². The van der Waals surface area contributed by atoms with E-state index in [1.807, 2.05) is 31.2 Å². The molecule has 2 aromatic rings. The van der Waals surface area contributed by atoms with Gasteiger partial charge in [-0.25, -0.2) is 4.39 Å². The minimum absolute atomic E-state index is 0.0225. The predicted molar refractivity (Wildman–Crippen MR) is 84.1 cm³/mol. The number of rotatable bonds is 3. The zero-order valence-corrected chi connectivity index (χ0v) is 13.8. The van der Waals surface area contributed by atoms with Gasteiger partial charge in [-0.3, -0.25) is 4.79 Å². The minimum Gasteiger partial charge on any atom is -0.345 e. The number of hydrogen-bond acceptors (Lipinski definition) is 1. The first-order chi connectivity index (χ1) is 9.49. The molecule has 0 aliphatic carbocycles. The average molecular weight is 401 g/mol. The van der Waals surface area contributed by atoms with Crippen molar-refractivity contribution in [3.8, 4) is 0 Å². The first-order valence-electron chi connectivity index (χ1n) is 5.99. The summed E-state index contributed by atoms with van der Waals surface area (Å²) in [4.78, 5) is 12.2. The van der Waals surface area contributed by atoms with E-state index in [4.69, 9.17) is 0 Å². The van der Waals surface area contributed by atoms with Gasteiger partial charge >= 0.3 is 0 Å². The fraction of sp³-hybridized carbons (Fsp3) is 0.133. The summed E-state index contributed by atoms with van der Waals surface area (Å²) in [6.45, 7) is 1.86. The fourth-order valence-electron chi connectivity index (χ4n) is 1.84. The third-order valence-electron chi connectivity index (χ3n) is 2.89. The Labute approximate surface area is 133 Å². The second kappa shape index (κ2) is 6.50. The molecule has 0 bridgehead atoms. The zero-order valence-electron chi connectivity index (χ0n) is 10.7. The maximum Gasteiger partial charge on any atom is 0.255 e. The molecule has 2 aromatic carbocycles. The third-order valence-corrected chi connectivity index (χ3v) is 4.04. The Morgan fingerprint density at radius 3 is 2.55 bits per heavy atom. The van der Waals surface area contributed by atoms with E-state index < -0.39 is 11.7 Å². The highest BCUT2D eigenvalue weighted by Crippen LogP contribution is 2.22. The summed E-state index contributed by atoms with van der Waals surface area (Å²) in [5.74, 6) is -0.985. The van der Waals surface area contributed by atoms with E-state index in [-0.39, 0.29) is 11.6 Å². The molecule has 1 atom stereocenters. The van der Waals surface area contributed by atoms with Crippen LogP contribution >= 0.6 is 31.9 Å². The molecule has 1 unspecified atom stereocenters. The van der Waals surface area contributed by atoms with Crippen LogP contribution in [-0.2, 0) is 0 Å². The first kappa shape index (κ1) is 15.2. The van der Waals surface area contributed by atoms with Crippen LogP contribution in [0.4, 0.5) is 4.39 Å². The Balaban J connectivity index is 2.20. The molecule has 0 saturated carbocycles. The molecule has 1 N–H and O–H groups in total. The van der Waals surface area contributed by atoms with E-state index in [0.29, 0.717) is 4.47 Å². The van der Waals surface area contributed by atoms with Gasteiger partial charge in [-0.05, 0) is 52.7 Å². The first-order valence-corrected chi connectivity index (χ1v) is 7.58. The normalized spacial score (nSPS) is 12.0. The molecule has 0 aromatic heterocycles. The van der Waals surface area contributed by atoms with Gasteiger partial charge in [0.05, 0.1) is 11.6 Å². The predicted octanol–water partition coefficient (Wildman–Crippen LogP) is 4.84. The molecule has 1 amide bonds. The van der Waals surface area contributed by atoms with Crippen molar-refractivity contribution in [2.24, 2.45) is 0 Å². The Bertz CT molecular complexity index is 625. The molecule has 0 fully saturated rings. The SMILES string of the molecule is CC(NC(=O)c1c(F)cccc1Br)c1cccc(Br)c1. The van der Waals surface area contributed by atoms with Gasteiger partial charge in [0.15, 0.2) is 0 Å². The Morgan fingerprint density at radius 2 is 1.90 bits per heavy atom. The highest BCUT2D eigenvalue weighted by atomic mass is 79.9. The van der Waals surface area contributed by atoms with Gasteiger partial charge in [0, 0.05) is 8.95 Å². The van der Waals surface area contributed by atoms with Crippen molar-refractivity contribution in [1.82, 2.24) is 5.32 Å². The summed E-state index contributed by atoms with van der Waals surface area (Å²) in [6.07, 6.45) is 0. The van der Waals surface area contributed by atoms with Crippen LogP contribution in [0.2, 0.25) is 0 Å². The highest BCUT2D eigenvalue weighted by molar-refractivity contribution is 9.10. The lowest BCUT2D eigenvalue weighted by molar-refractivity contribution is 0.0935. The molecule has 0 spiro atoms. The number of nitrogens with one attached hydrogen (secondary N) is 1. The second-order valence-electron chi connectivity index (χ2n) is 4.35. The molecule has 0 heterocycles. The van der Waals surface area contributed by atoms with Crippen molar-refractivity contribution >= 4 is 37.8 Å². The summed E-state index contributed by atoms with van der Waals surface area (Å²) < 4.78 is 15.1. The molecular formula is C15H12Br2FNO. The van der Waals surface area contributed by atoms with Gasteiger partial charge in [0.25, 0.3) is 5.91 Å². The van der Waals surface area contributed by atoms with Crippen LogP contribution in [-0.4, -0.2) is 5.91 Å². The van der Waals surface area contributed by atoms with Crippen molar-refractivity contribution in [1.29, 1.82) is 0 Å². The van der Waals surface area contributed by atoms with Crippen LogP contribution in [0.1, 0.15) is 28.9 Å². The number of hydrogen-bond donors (Lipinski definition) is 1. The topological polar surface area (TPSA) is 29.1 Å². The van der Waals surface area contributed by atoms with E-state index in [2.05, 4.69) is 37.2 Å². The van der Waals surface area contributed by atoms with Crippen molar-refractivity contribution in [3.05, 3.63) is 68.4 Å². The molecule has 0 radical (unpaired) electrons. The molecular weight excluding hydrogens is 389 g/mol. The van der Waals surface area contributed by atoms with Crippen molar-refractivity contribution in [3.63, 3.8) is 0 Å². The summed E-state index contributed by atoms with van der Waals surface area (Å²) >= 11 is 6.58. The number of amides is 1. The molecule has 104 valence electrons. The Kier molecular flexibility index (Phi) is 4.94. The van der Waals surface area contributed by atoms with Crippen LogP contribution in [0.15, 0.2) is 51.4 Å². The van der Waals surface area contributed by atoms with Crippen molar-refractivity contribution < 1.29 is 9.18 Å². The lowest BCUT2D eigenvalue weighted by Gasteiger charge is -2.15.